The lowest BCUT2D eigenvalue weighted by Gasteiger charge is -2.34. The van der Waals surface area contributed by atoms with Crippen molar-refractivity contribution >= 4 is 21.8 Å². The predicted molar refractivity (Wildman–Crippen MR) is 101 cm³/mol. The fourth-order valence-electron chi connectivity index (χ4n) is 3.45. The molecule has 140 valence electrons. The maximum Gasteiger partial charge on any atom is 0.257 e. The van der Waals surface area contributed by atoms with Gasteiger partial charge in [-0.1, -0.05) is 29.8 Å². The molecule has 1 aliphatic rings. The average molecular weight is 415 g/mol. The molecular formula is C19H28BrFN2O2. The minimum absolute atomic E-state index is 0.0895. The molecular weight excluding hydrogens is 387 g/mol. The summed E-state index contributed by atoms with van der Waals surface area (Å²) in [7, 11) is 0. The summed E-state index contributed by atoms with van der Waals surface area (Å²) in [5.41, 5.74) is 0. The highest BCUT2D eigenvalue weighted by Crippen LogP contribution is 2.22. The Morgan fingerprint density at radius 3 is 2.72 bits per heavy atom. The van der Waals surface area contributed by atoms with E-state index in [9.17, 15) is 9.18 Å². The van der Waals surface area contributed by atoms with Gasteiger partial charge in [0.2, 0.25) is 0 Å². The molecule has 0 aliphatic carbocycles. The lowest BCUT2D eigenvalue weighted by Crippen LogP contribution is -2.39. The van der Waals surface area contributed by atoms with Gasteiger partial charge < -0.3 is 15.0 Å². The Hall–Kier alpha value is -1.14. The molecule has 4 nitrogen and oxygen atoms in total. The first kappa shape index (κ1) is 20.2. The number of nitrogens with zero attached hydrogens (tertiary/aromatic N) is 1. The van der Waals surface area contributed by atoms with Crippen molar-refractivity contribution in [2.24, 2.45) is 11.8 Å². The van der Waals surface area contributed by atoms with E-state index in [4.69, 9.17) is 4.74 Å². The summed E-state index contributed by atoms with van der Waals surface area (Å²) in [6, 6.07) is 4.50. The molecule has 1 amide bonds. The molecule has 2 rings (SSSR count). The number of benzene rings is 1. The van der Waals surface area contributed by atoms with E-state index in [2.05, 4.69) is 40.0 Å². The zero-order valence-electron chi connectivity index (χ0n) is 15.1. The van der Waals surface area contributed by atoms with Crippen molar-refractivity contribution in [2.45, 2.75) is 33.1 Å². The van der Waals surface area contributed by atoms with E-state index in [1.807, 2.05) is 0 Å². The molecule has 6 heteroatoms. The molecule has 1 heterocycles. The van der Waals surface area contributed by atoms with Gasteiger partial charge in [0.15, 0.2) is 18.2 Å². The third-order valence-corrected chi connectivity index (χ3v) is 4.91. The number of ether oxygens (including phenoxy) is 1. The van der Waals surface area contributed by atoms with Gasteiger partial charge in [0.25, 0.3) is 5.91 Å². The number of likely N-dealkylation sites (tertiary alicyclic amines) is 1. The van der Waals surface area contributed by atoms with Gasteiger partial charge in [0, 0.05) is 24.1 Å². The molecule has 1 fully saturated rings. The van der Waals surface area contributed by atoms with Crippen molar-refractivity contribution in [3.05, 3.63) is 28.5 Å². The van der Waals surface area contributed by atoms with Crippen molar-refractivity contribution in [3.8, 4) is 5.75 Å². The topological polar surface area (TPSA) is 41.6 Å². The quantitative estimate of drug-likeness (QED) is 0.656. The van der Waals surface area contributed by atoms with Crippen molar-refractivity contribution in [1.29, 1.82) is 0 Å². The monoisotopic (exact) mass is 414 g/mol. The van der Waals surface area contributed by atoms with E-state index in [1.54, 1.807) is 6.07 Å². The molecule has 2 unspecified atom stereocenters. The molecule has 2 atom stereocenters. The average Bonchev–Trinajstić information content (AvgIpc) is 2.53. The molecule has 1 aliphatic heterocycles. The standard InChI is InChI=1S/C19H28BrFN2O2/c1-14-9-15(2)12-23(11-14)8-4-3-7-22-19(24)13-25-18-6-5-16(20)10-17(18)21/h5-6,10,14-15H,3-4,7-9,11-13H2,1-2H3,(H,22,24). The fraction of sp³-hybridized carbons (Fsp3) is 0.632. The van der Waals surface area contributed by atoms with Gasteiger partial charge in [-0.3, -0.25) is 4.79 Å². The Bertz CT molecular complexity index is 560. The van der Waals surface area contributed by atoms with Crippen molar-refractivity contribution in [1.82, 2.24) is 10.2 Å². The number of halogens is 2. The van der Waals surface area contributed by atoms with E-state index < -0.39 is 5.82 Å². The van der Waals surface area contributed by atoms with Crippen LogP contribution in [0.1, 0.15) is 33.1 Å². The van der Waals surface area contributed by atoms with Gasteiger partial charge >= 0.3 is 0 Å². The number of hydrogen-bond donors (Lipinski definition) is 1. The minimum atomic E-state index is -0.479. The van der Waals surface area contributed by atoms with Gasteiger partial charge in [0.1, 0.15) is 0 Å². The lowest BCUT2D eigenvalue weighted by atomic mass is 9.92. The van der Waals surface area contributed by atoms with Gasteiger partial charge in [0.05, 0.1) is 0 Å². The van der Waals surface area contributed by atoms with Crippen LogP contribution in [0.5, 0.6) is 5.75 Å². The Balaban J connectivity index is 1.56. The number of rotatable bonds is 8. The summed E-state index contributed by atoms with van der Waals surface area (Å²) in [6.07, 6.45) is 3.34. The smallest absolute Gasteiger partial charge is 0.257 e. The first-order chi connectivity index (χ1) is 11.9. The molecule has 0 spiro atoms. The number of piperidine rings is 1. The van der Waals surface area contributed by atoms with Gasteiger partial charge in [-0.15, -0.1) is 0 Å². The fourth-order valence-corrected chi connectivity index (χ4v) is 3.78. The normalized spacial score (nSPS) is 21.1. The molecule has 0 saturated carbocycles. The minimum Gasteiger partial charge on any atom is -0.481 e. The number of amides is 1. The molecule has 1 aromatic rings. The summed E-state index contributed by atoms with van der Waals surface area (Å²) in [5.74, 6) is 0.945. The third-order valence-electron chi connectivity index (χ3n) is 4.42. The molecule has 1 saturated heterocycles. The van der Waals surface area contributed by atoms with Crippen LogP contribution in [0.4, 0.5) is 4.39 Å². The van der Waals surface area contributed by atoms with Crippen molar-refractivity contribution in [3.63, 3.8) is 0 Å². The number of hydrogen-bond acceptors (Lipinski definition) is 3. The molecule has 0 radical (unpaired) electrons. The largest absolute Gasteiger partial charge is 0.481 e. The number of carbonyl (C=O) groups excluding carboxylic acids is 1. The highest BCUT2D eigenvalue weighted by molar-refractivity contribution is 9.10. The Kier molecular flexibility index (Phi) is 8.16. The maximum absolute atomic E-state index is 13.6. The zero-order valence-corrected chi connectivity index (χ0v) is 16.6. The highest BCUT2D eigenvalue weighted by atomic mass is 79.9. The second-order valence-corrected chi connectivity index (χ2v) is 8.04. The summed E-state index contributed by atoms with van der Waals surface area (Å²) in [4.78, 5) is 14.3. The first-order valence-corrected chi connectivity index (χ1v) is 9.80. The molecule has 1 aromatic carbocycles. The highest BCUT2D eigenvalue weighted by Gasteiger charge is 2.20. The first-order valence-electron chi connectivity index (χ1n) is 9.01. The summed E-state index contributed by atoms with van der Waals surface area (Å²) >= 11 is 3.18. The Morgan fingerprint density at radius 1 is 1.32 bits per heavy atom. The molecule has 0 aromatic heterocycles. The van der Waals surface area contributed by atoms with Crippen LogP contribution in [0.2, 0.25) is 0 Å². The van der Waals surface area contributed by atoms with Crippen LogP contribution >= 0.6 is 15.9 Å². The van der Waals surface area contributed by atoms with Crippen LogP contribution in [-0.2, 0) is 4.79 Å². The SMILES string of the molecule is CC1CC(C)CN(CCCCNC(=O)COc2ccc(Br)cc2F)C1. The van der Waals surface area contributed by atoms with Crippen LogP contribution in [0.3, 0.4) is 0 Å². The van der Waals surface area contributed by atoms with Crippen LogP contribution in [-0.4, -0.2) is 43.6 Å². The van der Waals surface area contributed by atoms with Crippen LogP contribution in [0, 0.1) is 17.7 Å². The third kappa shape index (κ3) is 7.32. The van der Waals surface area contributed by atoms with Gasteiger partial charge in [-0.2, -0.15) is 0 Å². The second kappa shape index (κ2) is 10.1. The van der Waals surface area contributed by atoms with Gasteiger partial charge in [-0.05, 0) is 55.8 Å². The number of nitrogens with one attached hydrogen (secondary N) is 1. The van der Waals surface area contributed by atoms with Crippen LogP contribution < -0.4 is 10.1 Å². The Morgan fingerprint density at radius 2 is 2.04 bits per heavy atom. The van der Waals surface area contributed by atoms with Crippen molar-refractivity contribution in [2.75, 3.05) is 32.8 Å². The number of unbranched alkanes of at least 4 members (excludes halogenated alkanes) is 1. The molecule has 1 N–H and O–H groups in total. The van der Waals surface area contributed by atoms with Gasteiger partial charge in [-0.25, -0.2) is 4.39 Å². The van der Waals surface area contributed by atoms with E-state index in [1.165, 1.54) is 31.6 Å². The second-order valence-electron chi connectivity index (χ2n) is 7.13. The molecule has 0 bridgehead atoms. The van der Waals surface area contributed by atoms with Crippen molar-refractivity contribution < 1.29 is 13.9 Å². The summed E-state index contributed by atoms with van der Waals surface area (Å²) < 4.78 is 19.4. The van der Waals surface area contributed by atoms with E-state index >= 15 is 0 Å². The number of carbonyl (C=O) groups is 1. The lowest BCUT2D eigenvalue weighted by molar-refractivity contribution is -0.123. The maximum atomic E-state index is 13.6. The van der Waals surface area contributed by atoms with E-state index in [-0.39, 0.29) is 18.3 Å². The Labute approximate surface area is 158 Å². The van der Waals surface area contributed by atoms with E-state index in [0.717, 1.165) is 31.2 Å². The summed E-state index contributed by atoms with van der Waals surface area (Å²) in [6.45, 7) is 8.55. The van der Waals surface area contributed by atoms with Crippen LogP contribution in [0.15, 0.2) is 22.7 Å². The summed E-state index contributed by atoms with van der Waals surface area (Å²) in [5, 5.41) is 2.82. The molecule has 25 heavy (non-hydrogen) atoms. The van der Waals surface area contributed by atoms with E-state index in [0.29, 0.717) is 11.0 Å². The predicted octanol–water partition coefficient (Wildman–Crippen LogP) is 3.84. The van der Waals surface area contributed by atoms with Crippen LogP contribution in [0.25, 0.3) is 0 Å². The zero-order chi connectivity index (χ0) is 18.2.